The van der Waals surface area contributed by atoms with Crippen LogP contribution in [0.25, 0.3) is 0 Å². The zero-order valence-corrected chi connectivity index (χ0v) is 15.2. The summed E-state index contributed by atoms with van der Waals surface area (Å²) in [5.41, 5.74) is 0.914. The molecule has 1 saturated carbocycles. The quantitative estimate of drug-likeness (QED) is 0.646. The maximum Gasteiger partial charge on any atom is 1.00 e. The molecule has 1 aromatic rings. The van der Waals surface area contributed by atoms with E-state index in [1.807, 2.05) is 30.3 Å². The number of amides is 1. The van der Waals surface area contributed by atoms with Gasteiger partial charge in [0.1, 0.15) is 0 Å². The average molecular weight is 311 g/mol. The van der Waals surface area contributed by atoms with Crippen molar-refractivity contribution >= 4 is 11.9 Å². The van der Waals surface area contributed by atoms with Gasteiger partial charge in [0.05, 0.1) is 0 Å². The van der Waals surface area contributed by atoms with Gasteiger partial charge in [0.15, 0.2) is 0 Å². The third kappa shape index (κ3) is 6.51. The SMILES string of the molecule is O=C(CC(Cc1ccccc1)C(=O)[O-])NC1CCCCC1.[Na+]. The molecule has 0 bridgehead atoms. The molecule has 1 aliphatic carbocycles. The summed E-state index contributed by atoms with van der Waals surface area (Å²) in [4.78, 5) is 23.3. The van der Waals surface area contributed by atoms with Crippen LogP contribution < -0.4 is 40.0 Å². The first-order chi connectivity index (χ1) is 10.1. The van der Waals surface area contributed by atoms with Gasteiger partial charge in [0, 0.05) is 24.3 Å². The first kappa shape index (κ1) is 19.2. The summed E-state index contributed by atoms with van der Waals surface area (Å²) >= 11 is 0. The van der Waals surface area contributed by atoms with Gasteiger partial charge in [-0.3, -0.25) is 4.79 Å². The predicted molar refractivity (Wildman–Crippen MR) is 78.3 cm³/mol. The molecule has 0 aromatic heterocycles. The molecule has 0 heterocycles. The number of hydrogen-bond donors (Lipinski definition) is 1. The Bertz CT molecular complexity index is 472. The molecule has 1 aromatic carbocycles. The fourth-order valence-corrected chi connectivity index (χ4v) is 2.89. The minimum atomic E-state index is -1.15. The van der Waals surface area contributed by atoms with Crippen molar-refractivity contribution < 1.29 is 44.3 Å². The zero-order valence-electron chi connectivity index (χ0n) is 13.2. The third-order valence-corrected chi connectivity index (χ3v) is 4.06. The summed E-state index contributed by atoms with van der Waals surface area (Å²) in [7, 11) is 0. The first-order valence-electron chi connectivity index (χ1n) is 7.69. The second kappa shape index (κ2) is 10.0. The smallest absolute Gasteiger partial charge is 0.550 e. The van der Waals surface area contributed by atoms with Crippen molar-refractivity contribution in [3.63, 3.8) is 0 Å². The van der Waals surface area contributed by atoms with E-state index >= 15 is 0 Å². The van der Waals surface area contributed by atoms with Gasteiger partial charge < -0.3 is 15.2 Å². The van der Waals surface area contributed by atoms with Gasteiger partial charge in [-0.25, -0.2) is 0 Å². The van der Waals surface area contributed by atoms with Gasteiger partial charge in [0.25, 0.3) is 0 Å². The average Bonchev–Trinajstić information content (AvgIpc) is 2.48. The standard InChI is InChI=1S/C17H23NO3.Na/c19-16(18-15-9-5-2-6-10-15)12-14(17(20)21)11-13-7-3-1-4-8-13;/h1,3-4,7-8,14-15H,2,5-6,9-12H2,(H,18,19)(H,20,21);/q;+1/p-1. The molecule has 1 N–H and O–H groups in total. The summed E-state index contributed by atoms with van der Waals surface area (Å²) in [5, 5.41) is 14.2. The van der Waals surface area contributed by atoms with Gasteiger partial charge in [-0.05, 0) is 24.8 Å². The van der Waals surface area contributed by atoms with Crippen molar-refractivity contribution in [2.75, 3.05) is 0 Å². The second-order valence-electron chi connectivity index (χ2n) is 5.81. The normalized spacial score (nSPS) is 16.4. The monoisotopic (exact) mass is 311 g/mol. The molecular weight excluding hydrogens is 289 g/mol. The largest absolute Gasteiger partial charge is 1.00 e. The maximum absolute atomic E-state index is 12.0. The van der Waals surface area contributed by atoms with Crippen LogP contribution in [0.3, 0.4) is 0 Å². The van der Waals surface area contributed by atoms with E-state index in [0.29, 0.717) is 6.42 Å². The number of carboxylic acids is 1. The molecule has 1 amide bonds. The molecule has 0 aliphatic heterocycles. The number of rotatable bonds is 6. The number of carbonyl (C=O) groups is 2. The van der Waals surface area contributed by atoms with Crippen LogP contribution in [0.4, 0.5) is 0 Å². The molecule has 0 radical (unpaired) electrons. The van der Waals surface area contributed by atoms with E-state index in [2.05, 4.69) is 5.32 Å². The minimum Gasteiger partial charge on any atom is -0.550 e. The number of aliphatic carboxylic acids is 1. The Morgan fingerprint density at radius 1 is 1.14 bits per heavy atom. The molecule has 0 spiro atoms. The van der Waals surface area contributed by atoms with E-state index in [9.17, 15) is 14.7 Å². The molecule has 4 nitrogen and oxygen atoms in total. The van der Waals surface area contributed by atoms with Crippen LogP contribution in [-0.2, 0) is 16.0 Å². The predicted octanol–water partition coefficient (Wildman–Crippen LogP) is -1.56. The van der Waals surface area contributed by atoms with Crippen LogP contribution in [0.15, 0.2) is 30.3 Å². The summed E-state index contributed by atoms with van der Waals surface area (Å²) < 4.78 is 0. The Kier molecular flexibility index (Phi) is 8.76. The molecule has 22 heavy (non-hydrogen) atoms. The van der Waals surface area contributed by atoms with Crippen LogP contribution in [0, 0.1) is 5.92 Å². The van der Waals surface area contributed by atoms with E-state index in [1.54, 1.807) is 0 Å². The zero-order chi connectivity index (χ0) is 15.1. The van der Waals surface area contributed by atoms with Gasteiger partial charge in [-0.2, -0.15) is 0 Å². The summed E-state index contributed by atoms with van der Waals surface area (Å²) in [6.07, 6.45) is 5.83. The van der Waals surface area contributed by atoms with Gasteiger partial charge >= 0.3 is 29.6 Å². The second-order valence-corrected chi connectivity index (χ2v) is 5.81. The van der Waals surface area contributed by atoms with Gasteiger partial charge in [-0.1, -0.05) is 49.6 Å². The maximum atomic E-state index is 12.0. The Morgan fingerprint density at radius 2 is 1.77 bits per heavy atom. The molecule has 1 fully saturated rings. The van der Waals surface area contributed by atoms with Crippen LogP contribution in [-0.4, -0.2) is 17.9 Å². The van der Waals surface area contributed by atoms with Gasteiger partial charge in [0.2, 0.25) is 5.91 Å². The van der Waals surface area contributed by atoms with Crippen LogP contribution in [0.5, 0.6) is 0 Å². The number of benzene rings is 1. The molecule has 1 aliphatic rings. The summed E-state index contributed by atoms with van der Waals surface area (Å²) in [5.74, 6) is -2.10. The molecular formula is C17H22NNaO3. The summed E-state index contributed by atoms with van der Waals surface area (Å²) in [6.45, 7) is 0. The van der Waals surface area contributed by atoms with Crippen molar-refractivity contribution in [1.82, 2.24) is 5.32 Å². The number of carboxylic acid groups (broad SMARTS) is 1. The molecule has 1 unspecified atom stereocenters. The number of nitrogens with one attached hydrogen (secondary N) is 1. The van der Waals surface area contributed by atoms with E-state index in [4.69, 9.17) is 0 Å². The topological polar surface area (TPSA) is 69.2 Å². The molecule has 5 heteroatoms. The van der Waals surface area contributed by atoms with E-state index in [0.717, 1.165) is 31.2 Å². The van der Waals surface area contributed by atoms with E-state index in [1.165, 1.54) is 6.42 Å². The van der Waals surface area contributed by atoms with Crippen molar-refractivity contribution in [2.24, 2.45) is 5.92 Å². The first-order valence-corrected chi connectivity index (χ1v) is 7.69. The molecule has 2 rings (SSSR count). The third-order valence-electron chi connectivity index (χ3n) is 4.06. The summed E-state index contributed by atoms with van der Waals surface area (Å²) in [6, 6.07) is 9.57. The Labute approximate surface area is 154 Å². The fraction of sp³-hybridized carbons (Fsp3) is 0.529. The van der Waals surface area contributed by atoms with E-state index < -0.39 is 11.9 Å². The number of hydrogen-bond acceptors (Lipinski definition) is 3. The fourth-order valence-electron chi connectivity index (χ4n) is 2.89. The Hall–Kier alpha value is -0.840. The van der Waals surface area contributed by atoms with Crippen LogP contribution in [0.2, 0.25) is 0 Å². The van der Waals surface area contributed by atoms with E-state index in [-0.39, 0.29) is 47.9 Å². The minimum absolute atomic E-state index is 0. The van der Waals surface area contributed by atoms with Crippen LogP contribution in [0.1, 0.15) is 44.1 Å². The van der Waals surface area contributed by atoms with Crippen molar-refractivity contribution in [1.29, 1.82) is 0 Å². The van der Waals surface area contributed by atoms with Gasteiger partial charge in [-0.15, -0.1) is 0 Å². The molecule has 1 atom stereocenters. The van der Waals surface area contributed by atoms with Crippen molar-refractivity contribution in [3.05, 3.63) is 35.9 Å². The van der Waals surface area contributed by atoms with Crippen molar-refractivity contribution in [3.8, 4) is 0 Å². The molecule has 114 valence electrons. The Morgan fingerprint density at radius 3 is 2.36 bits per heavy atom. The van der Waals surface area contributed by atoms with Crippen LogP contribution >= 0.6 is 0 Å². The van der Waals surface area contributed by atoms with Crippen molar-refractivity contribution in [2.45, 2.75) is 51.0 Å². The molecule has 0 saturated heterocycles. The Balaban J connectivity index is 0.00000242. The number of carbonyl (C=O) groups excluding carboxylic acids is 2.